The van der Waals surface area contributed by atoms with E-state index in [1.54, 1.807) is 12.4 Å². The standard InChI is InChI=1S/C20H19N5O2/c1-2-16(19(26)22-11-13-7-5-6-10-21-13)25-17-9-4-3-8-14(17)15-12-23-24-20(27)18(15)25/h3-10,12,16H,2,11H2,1H3,(H,22,26)(H,24,27). The second-order valence-corrected chi connectivity index (χ2v) is 6.31. The van der Waals surface area contributed by atoms with Crippen LogP contribution in [0.15, 0.2) is 59.7 Å². The first-order valence-electron chi connectivity index (χ1n) is 8.84. The number of para-hydroxylation sites is 1. The van der Waals surface area contributed by atoms with Crippen molar-refractivity contribution >= 4 is 27.7 Å². The molecule has 1 aromatic carbocycles. The second kappa shape index (κ2) is 7.03. The van der Waals surface area contributed by atoms with Gasteiger partial charge in [-0.15, -0.1) is 0 Å². The molecule has 4 aromatic rings. The van der Waals surface area contributed by atoms with Gasteiger partial charge in [0.1, 0.15) is 11.6 Å². The molecule has 0 aliphatic carbocycles. The Labute approximate surface area is 155 Å². The van der Waals surface area contributed by atoms with Gasteiger partial charge in [0, 0.05) is 17.0 Å². The molecule has 136 valence electrons. The number of aromatic nitrogens is 4. The highest BCUT2D eigenvalue weighted by Gasteiger charge is 2.24. The van der Waals surface area contributed by atoms with E-state index < -0.39 is 6.04 Å². The Kier molecular flexibility index (Phi) is 4.42. The molecule has 0 spiro atoms. The van der Waals surface area contributed by atoms with E-state index in [9.17, 15) is 9.59 Å². The van der Waals surface area contributed by atoms with Gasteiger partial charge in [0.05, 0.1) is 24.0 Å². The number of nitrogens with one attached hydrogen (secondary N) is 2. The van der Waals surface area contributed by atoms with Crippen LogP contribution in [0.3, 0.4) is 0 Å². The van der Waals surface area contributed by atoms with Gasteiger partial charge in [0.15, 0.2) is 0 Å². The normalized spacial score (nSPS) is 12.3. The summed E-state index contributed by atoms with van der Waals surface area (Å²) in [5, 5.41) is 11.0. The molecule has 27 heavy (non-hydrogen) atoms. The van der Waals surface area contributed by atoms with Crippen molar-refractivity contribution in [2.24, 2.45) is 0 Å². The van der Waals surface area contributed by atoms with Crippen LogP contribution in [0.5, 0.6) is 0 Å². The number of pyridine rings is 1. The topological polar surface area (TPSA) is 92.7 Å². The molecule has 3 aromatic heterocycles. The molecular formula is C20H19N5O2. The molecule has 1 amide bonds. The highest BCUT2D eigenvalue weighted by molar-refractivity contribution is 6.08. The summed E-state index contributed by atoms with van der Waals surface area (Å²) >= 11 is 0. The van der Waals surface area contributed by atoms with Crippen LogP contribution >= 0.6 is 0 Å². The van der Waals surface area contributed by atoms with Gasteiger partial charge < -0.3 is 9.88 Å². The molecule has 4 rings (SSSR count). The summed E-state index contributed by atoms with van der Waals surface area (Å²) in [5.74, 6) is -0.151. The Balaban J connectivity index is 1.78. The average Bonchev–Trinajstić information content (AvgIpc) is 3.04. The van der Waals surface area contributed by atoms with E-state index in [1.165, 1.54) is 0 Å². The predicted molar refractivity (Wildman–Crippen MR) is 103 cm³/mol. The fourth-order valence-electron chi connectivity index (χ4n) is 3.47. The summed E-state index contributed by atoms with van der Waals surface area (Å²) in [4.78, 5) is 29.7. The number of carbonyl (C=O) groups is 1. The van der Waals surface area contributed by atoms with E-state index in [1.807, 2.05) is 54.0 Å². The van der Waals surface area contributed by atoms with Crippen LogP contribution in [0.1, 0.15) is 25.1 Å². The van der Waals surface area contributed by atoms with Gasteiger partial charge in [-0.2, -0.15) is 5.10 Å². The Morgan fingerprint density at radius 2 is 2.00 bits per heavy atom. The molecule has 0 saturated heterocycles. The van der Waals surface area contributed by atoms with Gasteiger partial charge in [-0.25, -0.2) is 5.10 Å². The van der Waals surface area contributed by atoms with Crippen LogP contribution in [-0.4, -0.2) is 25.7 Å². The van der Waals surface area contributed by atoms with E-state index in [2.05, 4.69) is 20.5 Å². The third-order valence-corrected chi connectivity index (χ3v) is 4.70. The van der Waals surface area contributed by atoms with Crippen LogP contribution in [0.2, 0.25) is 0 Å². The van der Waals surface area contributed by atoms with E-state index >= 15 is 0 Å². The summed E-state index contributed by atoms with van der Waals surface area (Å²) in [6.07, 6.45) is 3.87. The molecule has 2 N–H and O–H groups in total. The van der Waals surface area contributed by atoms with Crippen molar-refractivity contribution in [1.29, 1.82) is 0 Å². The molecule has 0 fully saturated rings. The minimum atomic E-state index is -0.514. The summed E-state index contributed by atoms with van der Waals surface area (Å²) in [6.45, 7) is 2.27. The van der Waals surface area contributed by atoms with Gasteiger partial charge in [0.2, 0.25) is 5.91 Å². The van der Waals surface area contributed by atoms with Gasteiger partial charge in [-0.05, 0) is 24.6 Å². The third-order valence-electron chi connectivity index (χ3n) is 4.70. The predicted octanol–water partition coefficient (Wildman–Crippen LogP) is 2.54. The highest BCUT2D eigenvalue weighted by atomic mass is 16.2. The fourth-order valence-corrected chi connectivity index (χ4v) is 3.47. The van der Waals surface area contributed by atoms with Crippen molar-refractivity contribution in [1.82, 2.24) is 25.1 Å². The smallest absolute Gasteiger partial charge is 0.288 e. The Morgan fingerprint density at radius 1 is 1.19 bits per heavy atom. The fraction of sp³-hybridized carbons (Fsp3) is 0.200. The Bertz CT molecular complexity index is 1160. The maximum atomic E-state index is 13.0. The molecule has 1 atom stereocenters. The number of H-pyrrole nitrogens is 1. The largest absolute Gasteiger partial charge is 0.349 e. The van der Waals surface area contributed by atoms with Crippen LogP contribution in [0.4, 0.5) is 0 Å². The Hall–Kier alpha value is -3.48. The van der Waals surface area contributed by atoms with Gasteiger partial charge >= 0.3 is 0 Å². The number of nitrogens with zero attached hydrogens (tertiary/aromatic N) is 3. The zero-order valence-corrected chi connectivity index (χ0v) is 14.8. The molecule has 7 heteroatoms. The lowest BCUT2D eigenvalue weighted by Crippen LogP contribution is -2.33. The first-order chi connectivity index (χ1) is 13.2. The molecule has 1 unspecified atom stereocenters. The third kappa shape index (κ3) is 2.97. The zero-order chi connectivity index (χ0) is 18.8. The lowest BCUT2D eigenvalue weighted by molar-refractivity contribution is -0.124. The van der Waals surface area contributed by atoms with E-state index in [4.69, 9.17) is 0 Å². The molecular weight excluding hydrogens is 342 g/mol. The SMILES string of the molecule is CCC(C(=O)NCc1ccccn1)n1c2ccccc2c2cn[nH]c(=O)c21. The van der Waals surface area contributed by atoms with Gasteiger partial charge in [-0.3, -0.25) is 14.6 Å². The van der Waals surface area contributed by atoms with Crippen LogP contribution < -0.4 is 10.9 Å². The van der Waals surface area contributed by atoms with Crippen molar-refractivity contribution in [3.63, 3.8) is 0 Å². The van der Waals surface area contributed by atoms with Crippen molar-refractivity contribution in [2.45, 2.75) is 25.9 Å². The Morgan fingerprint density at radius 3 is 2.78 bits per heavy atom. The van der Waals surface area contributed by atoms with Crippen molar-refractivity contribution < 1.29 is 4.79 Å². The summed E-state index contributed by atoms with van der Waals surface area (Å²) in [7, 11) is 0. The summed E-state index contributed by atoms with van der Waals surface area (Å²) in [6, 6.07) is 12.7. The van der Waals surface area contributed by atoms with Crippen molar-refractivity contribution in [3.05, 3.63) is 70.9 Å². The molecule has 3 heterocycles. The molecule has 0 aliphatic rings. The number of amides is 1. The van der Waals surface area contributed by atoms with E-state index in [0.29, 0.717) is 18.5 Å². The summed E-state index contributed by atoms with van der Waals surface area (Å²) in [5.41, 5.74) is 1.78. The number of hydrogen-bond donors (Lipinski definition) is 2. The first-order valence-corrected chi connectivity index (χ1v) is 8.84. The molecule has 0 aliphatic heterocycles. The van der Waals surface area contributed by atoms with Gasteiger partial charge in [0.25, 0.3) is 5.56 Å². The number of benzene rings is 1. The van der Waals surface area contributed by atoms with Gasteiger partial charge in [-0.1, -0.05) is 31.2 Å². The molecule has 0 bridgehead atoms. The maximum Gasteiger partial charge on any atom is 0.288 e. The number of hydrogen-bond acceptors (Lipinski definition) is 4. The van der Waals surface area contributed by atoms with Crippen molar-refractivity contribution in [2.75, 3.05) is 0 Å². The monoisotopic (exact) mass is 361 g/mol. The number of fused-ring (bicyclic) bond motifs is 3. The minimum absolute atomic E-state index is 0.151. The number of aromatic amines is 1. The average molecular weight is 361 g/mol. The zero-order valence-electron chi connectivity index (χ0n) is 14.8. The first kappa shape index (κ1) is 17.0. The van der Waals surface area contributed by atoms with Crippen LogP contribution in [0, 0.1) is 0 Å². The van der Waals surface area contributed by atoms with Crippen LogP contribution in [0.25, 0.3) is 21.8 Å². The second-order valence-electron chi connectivity index (χ2n) is 6.31. The highest BCUT2D eigenvalue weighted by Crippen LogP contribution is 2.30. The molecule has 7 nitrogen and oxygen atoms in total. The van der Waals surface area contributed by atoms with Crippen molar-refractivity contribution in [3.8, 4) is 0 Å². The number of carbonyl (C=O) groups excluding carboxylic acids is 1. The minimum Gasteiger partial charge on any atom is -0.349 e. The molecule has 0 saturated carbocycles. The van der Waals surface area contributed by atoms with E-state index in [0.717, 1.165) is 22.0 Å². The molecule has 0 radical (unpaired) electrons. The van der Waals surface area contributed by atoms with E-state index in [-0.39, 0.29) is 11.5 Å². The lowest BCUT2D eigenvalue weighted by Gasteiger charge is -2.19. The quantitative estimate of drug-likeness (QED) is 0.571. The van der Waals surface area contributed by atoms with Crippen LogP contribution in [-0.2, 0) is 11.3 Å². The number of rotatable bonds is 5. The maximum absolute atomic E-state index is 13.0. The lowest BCUT2D eigenvalue weighted by atomic mass is 10.2. The summed E-state index contributed by atoms with van der Waals surface area (Å²) < 4.78 is 1.82.